The van der Waals surface area contributed by atoms with E-state index < -0.39 is 0 Å². The normalized spacial score (nSPS) is 13.0. The zero-order chi connectivity index (χ0) is 9.97. The summed E-state index contributed by atoms with van der Waals surface area (Å²) in [6.07, 6.45) is 0.819. The van der Waals surface area contributed by atoms with E-state index in [1.807, 2.05) is 18.2 Å². The Labute approximate surface area is 99.8 Å². The molecule has 0 aliphatic rings. The number of halogens is 2. The zero-order valence-corrected chi connectivity index (χ0v) is 10.4. The van der Waals surface area contributed by atoms with Crippen LogP contribution in [0.3, 0.4) is 0 Å². The highest BCUT2D eigenvalue weighted by Crippen LogP contribution is 2.29. The Kier molecular flexibility index (Phi) is 3.31. The molecule has 0 N–H and O–H groups in total. The monoisotopic (exact) mass is 290 g/mol. The summed E-state index contributed by atoms with van der Waals surface area (Å²) in [5.74, 6) is 0.812. The maximum atomic E-state index is 6.20. The van der Waals surface area contributed by atoms with Gasteiger partial charge in [-0.05, 0) is 39.5 Å². The first-order valence-corrected chi connectivity index (χ1v) is 6.28. The molecule has 1 nitrogen and oxygen atoms in total. The highest BCUT2D eigenvalue weighted by atomic mass is 79.9. The second-order valence-electron chi connectivity index (χ2n) is 2.89. The molecule has 0 aromatic carbocycles. The smallest absolute Gasteiger partial charge is 0.169 e. The summed E-state index contributed by atoms with van der Waals surface area (Å²) in [4.78, 5) is 1.28. The first-order valence-electron chi connectivity index (χ1n) is 4.17. The third-order valence-electron chi connectivity index (χ3n) is 1.86. The number of furan rings is 1. The van der Waals surface area contributed by atoms with Crippen LogP contribution >= 0.6 is 38.9 Å². The molecule has 0 bridgehead atoms. The van der Waals surface area contributed by atoms with E-state index in [4.69, 9.17) is 16.0 Å². The Hall–Kier alpha value is -0.250. The molecule has 2 aromatic rings. The van der Waals surface area contributed by atoms with Crippen molar-refractivity contribution in [1.29, 1.82) is 0 Å². The van der Waals surface area contributed by atoms with Gasteiger partial charge in [-0.15, -0.1) is 22.9 Å². The van der Waals surface area contributed by atoms with Gasteiger partial charge in [0.1, 0.15) is 5.76 Å². The molecular weight excluding hydrogens is 284 g/mol. The fourth-order valence-corrected chi connectivity index (χ4v) is 2.65. The van der Waals surface area contributed by atoms with Crippen LogP contribution in [0.25, 0.3) is 0 Å². The van der Waals surface area contributed by atoms with Crippen molar-refractivity contribution < 1.29 is 4.42 Å². The molecule has 1 unspecified atom stereocenters. The SMILES string of the molecule is ClC(Cc1cccs1)c1ccc(Br)o1. The van der Waals surface area contributed by atoms with Crippen LogP contribution in [0.4, 0.5) is 0 Å². The van der Waals surface area contributed by atoms with Gasteiger partial charge in [0.05, 0.1) is 5.38 Å². The third-order valence-corrected chi connectivity index (χ3v) is 3.56. The molecule has 0 amide bonds. The van der Waals surface area contributed by atoms with Crippen LogP contribution in [-0.4, -0.2) is 0 Å². The molecule has 2 heterocycles. The second-order valence-corrected chi connectivity index (χ2v) is 5.23. The largest absolute Gasteiger partial charge is 0.453 e. The van der Waals surface area contributed by atoms with Gasteiger partial charge in [0.25, 0.3) is 0 Å². The van der Waals surface area contributed by atoms with Crippen LogP contribution in [0.2, 0.25) is 0 Å². The van der Waals surface area contributed by atoms with Gasteiger partial charge in [0, 0.05) is 11.3 Å². The highest BCUT2D eigenvalue weighted by Gasteiger charge is 2.13. The number of hydrogen-bond donors (Lipinski definition) is 0. The van der Waals surface area contributed by atoms with Gasteiger partial charge < -0.3 is 4.42 Å². The quantitative estimate of drug-likeness (QED) is 0.752. The van der Waals surface area contributed by atoms with E-state index in [1.54, 1.807) is 11.3 Å². The maximum Gasteiger partial charge on any atom is 0.169 e. The van der Waals surface area contributed by atoms with Crippen molar-refractivity contribution >= 4 is 38.9 Å². The fraction of sp³-hybridized carbons (Fsp3) is 0.200. The number of rotatable bonds is 3. The predicted octanol–water partition coefficient (Wildman–Crippen LogP) is 4.63. The van der Waals surface area contributed by atoms with Crippen molar-refractivity contribution in [1.82, 2.24) is 0 Å². The molecule has 4 heteroatoms. The third kappa shape index (κ3) is 2.41. The van der Waals surface area contributed by atoms with Gasteiger partial charge in [-0.1, -0.05) is 6.07 Å². The van der Waals surface area contributed by atoms with Gasteiger partial charge in [0.2, 0.25) is 0 Å². The van der Waals surface area contributed by atoms with Crippen molar-refractivity contribution in [3.8, 4) is 0 Å². The van der Waals surface area contributed by atoms with E-state index >= 15 is 0 Å². The Morgan fingerprint density at radius 3 is 2.86 bits per heavy atom. The maximum absolute atomic E-state index is 6.20. The average Bonchev–Trinajstić information content (AvgIpc) is 2.75. The lowest BCUT2D eigenvalue weighted by Crippen LogP contribution is -1.91. The minimum absolute atomic E-state index is 0.0834. The Morgan fingerprint density at radius 1 is 1.43 bits per heavy atom. The molecule has 0 saturated carbocycles. The molecule has 2 aromatic heterocycles. The van der Waals surface area contributed by atoms with Crippen molar-refractivity contribution in [2.45, 2.75) is 11.8 Å². The zero-order valence-electron chi connectivity index (χ0n) is 7.24. The van der Waals surface area contributed by atoms with Crippen LogP contribution < -0.4 is 0 Å². The van der Waals surface area contributed by atoms with E-state index in [9.17, 15) is 0 Å². The number of hydrogen-bond acceptors (Lipinski definition) is 2. The summed E-state index contributed by atoms with van der Waals surface area (Å²) < 4.78 is 6.11. The summed E-state index contributed by atoms with van der Waals surface area (Å²) in [7, 11) is 0. The highest BCUT2D eigenvalue weighted by molar-refractivity contribution is 9.10. The lowest BCUT2D eigenvalue weighted by Gasteiger charge is -2.03. The van der Waals surface area contributed by atoms with E-state index in [2.05, 4.69) is 27.4 Å². The molecule has 0 aliphatic heterocycles. The van der Waals surface area contributed by atoms with E-state index in [1.165, 1.54) is 4.88 Å². The van der Waals surface area contributed by atoms with Crippen LogP contribution in [0.5, 0.6) is 0 Å². The summed E-state index contributed by atoms with van der Waals surface area (Å²) >= 11 is 11.2. The first-order chi connectivity index (χ1) is 6.75. The van der Waals surface area contributed by atoms with Gasteiger partial charge in [0.15, 0.2) is 4.67 Å². The fourth-order valence-electron chi connectivity index (χ4n) is 1.20. The molecule has 74 valence electrons. The summed E-state index contributed by atoms with van der Waals surface area (Å²) in [6, 6.07) is 7.87. The summed E-state index contributed by atoms with van der Waals surface area (Å²) in [6.45, 7) is 0. The number of alkyl halides is 1. The average molecular weight is 292 g/mol. The molecule has 1 atom stereocenters. The van der Waals surface area contributed by atoms with Crippen molar-refractivity contribution in [3.63, 3.8) is 0 Å². The van der Waals surface area contributed by atoms with Gasteiger partial charge >= 0.3 is 0 Å². The Morgan fingerprint density at radius 2 is 2.29 bits per heavy atom. The standard InChI is InChI=1S/C10H8BrClOS/c11-10-4-3-9(13-10)8(12)6-7-2-1-5-14-7/h1-5,8H,6H2. The molecule has 0 fully saturated rings. The van der Waals surface area contributed by atoms with Crippen molar-refractivity contribution in [2.75, 3.05) is 0 Å². The Balaban J connectivity index is 2.06. The van der Waals surface area contributed by atoms with Crippen LogP contribution in [0.15, 0.2) is 38.7 Å². The van der Waals surface area contributed by atoms with Crippen molar-refractivity contribution in [2.24, 2.45) is 0 Å². The predicted molar refractivity (Wildman–Crippen MR) is 63.0 cm³/mol. The van der Waals surface area contributed by atoms with Crippen LogP contribution in [0.1, 0.15) is 16.0 Å². The molecular formula is C10H8BrClOS. The van der Waals surface area contributed by atoms with E-state index in [0.29, 0.717) is 0 Å². The lowest BCUT2D eigenvalue weighted by molar-refractivity contribution is 0.482. The molecule has 0 spiro atoms. The molecule has 14 heavy (non-hydrogen) atoms. The minimum Gasteiger partial charge on any atom is -0.453 e. The summed E-state index contributed by atoms with van der Waals surface area (Å²) in [5.41, 5.74) is 0. The molecule has 0 aliphatic carbocycles. The van der Waals surface area contributed by atoms with Gasteiger partial charge in [-0.3, -0.25) is 0 Å². The van der Waals surface area contributed by atoms with E-state index in [-0.39, 0.29) is 5.38 Å². The van der Waals surface area contributed by atoms with Crippen LogP contribution in [-0.2, 0) is 6.42 Å². The Bertz CT molecular complexity index is 396. The topological polar surface area (TPSA) is 13.1 Å². The van der Waals surface area contributed by atoms with Gasteiger partial charge in [-0.25, -0.2) is 0 Å². The molecule has 2 rings (SSSR count). The summed E-state index contributed by atoms with van der Waals surface area (Å²) in [5, 5.41) is 1.97. The van der Waals surface area contributed by atoms with Crippen molar-refractivity contribution in [3.05, 3.63) is 45.0 Å². The van der Waals surface area contributed by atoms with E-state index in [0.717, 1.165) is 16.9 Å². The molecule has 0 saturated heterocycles. The minimum atomic E-state index is -0.0834. The first kappa shape index (κ1) is 10.3. The number of thiophene rings is 1. The van der Waals surface area contributed by atoms with Gasteiger partial charge in [-0.2, -0.15) is 0 Å². The van der Waals surface area contributed by atoms with Crippen LogP contribution in [0, 0.1) is 0 Å². The lowest BCUT2D eigenvalue weighted by atomic mass is 10.2. The second kappa shape index (κ2) is 4.51. The molecule has 0 radical (unpaired) electrons.